The van der Waals surface area contributed by atoms with E-state index in [1.165, 1.54) is 25.2 Å². The molecule has 0 saturated carbocycles. The molecule has 2 atom stereocenters. The van der Waals surface area contributed by atoms with Crippen LogP contribution in [0.5, 0.6) is 0 Å². The Hall–Kier alpha value is 0.650. The second kappa shape index (κ2) is 7.34. The Bertz CT molecular complexity index is 695. The van der Waals surface area contributed by atoms with Crippen molar-refractivity contribution in [2.75, 3.05) is 5.75 Å². The van der Waals surface area contributed by atoms with Gasteiger partial charge in [-0.3, -0.25) is 0 Å². The number of rotatable bonds is 6. The normalized spacial score (nSPS) is 17.6. The first-order valence-corrected chi connectivity index (χ1v) is 11.9. The molecule has 0 bridgehead atoms. The quantitative estimate of drug-likeness (QED) is 0.608. The lowest BCUT2D eigenvalue weighted by Crippen LogP contribution is -2.56. The molecule has 140 valence electrons. The third-order valence-electron chi connectivity index (χ3n) is 3.31. The number of sulfone groups is 1. The maximum atomic E-state index is 12.7. The van der Waals surface area contributed by atoms with Crippen LogP contribution in [-0.4, -0.2) is 28.3 Å². The largest absolute Gasteiger partial charge is 0.598 e. The summed E-state index contributed by atoms with van der Waals surface area (Å²) >= 11 is 9.46. The molecular weight excluding hydrogens is 456 g/mol. The van der Waals surface area contributed by atoms with Gasteiger partial charge in [0.05, 0.1) is 14.6 Å². The molecule has 0 radical (unpaired) electrons. The van der Waals surface area contributed by atoms with Crippen molar-refractivity contribution < 1.29 is 13.0 Å². The third kappa shape index (κ3) is 5.33. The van der Waals surface area contributed by atoms with Crippen molar-refractivity contribution in [1.29, 1.82) is 0 Å². The van der Waals surface area contributed by atoms with Gasteiger partial charge in [0, 0.05) is 16.2 Å². The maximum Gasteiger partial charge on any atom is 0.170 e. The van der Waals surface area contributed by atoms with Crippen LogP contribution in [0.2, 0.25) is 5.02 Å². The highest BCUT2D eigenvalue weighted by Crippen LogP contribution is 2.40. The number of nitrogens with one attached hydrogen (secondary N) is 1. The molecule has 0 aromatic carbocycles. The predicted octanol–water partition coefficient (Wildman–Crippen LogP) is 3.54. The second-order valence-corrected chi connectivity index (χ2v) is 14.8. The fourth-order valence-corrected chi connectivity index (χ4v) is 6.49. The van der Waals surface area contributed by atoms with Crippen molar-refractivity contribution in [2.24, 2.45) is 5.73 Å². The standard InChI is InChI=1S/C14H24BrClN2O3S3/c1-12(2,3)23(19)18-14(6,8-24(20,21)13(4,5)17)11-9(16)7-10(15)22-11/h7,18H,8,17H2,1-6H3/t14-,23?/m0/s1. The number of hydrogen-bond donors (Lipinski definition) is 2. The Morgan fingerprint density at radius 3 is 2.17 bits per heavy atom. The molecule has 0 spiro atoms. The van der Waals surface area contributed by atoms with E-state index >= 15 is 0 Å². The van der Waals surface area contributed by atoms with Gasteiger partial charge in [-0.2, -0.15) is 0 Å². The summed E-state index contributed by atoms with van der Waals surface area (Å²) in [4.78, 5) is -0.818. The molecule has 24 heavy (non-hydrogen) atoms. The molecule has 0 aliphatic heterocycles. The van der Waals surface area contributed by atoms with Crippen molar-refractivity contribution in [2.45, 2.75) is 56.7 Å². The summed E-state index contributed by atoms with van der Waals surface area (Å²) in [6, 6.07) is 1.70. The van der Waals surface area contributed by atoms with E-state index in [4.69, 9.17) is 17.3 Å². The minimum atomic E-state index is -3.69. The van der Waals surface area contributed by atoms with Gasteiger partial charge in [0.1, 0.15) is 15.2 Å². The van der Waals surface area contributed by atoms with Gasteiger partial charge in [0.25, 0.3) is 0 Å². The topological polar surface area (TPSA) is 95.2 Å². The van der Waals surface area contributed by atoms with Gasteiger partial charge in [-0.15, -0.1) is 16.1 Å². The first-order chi connectivity index (χ1) is 10.5. The van der Waals surface area contributed by atoms with Crippen LogP contribution < -0.4 is 10.5 Å². The molecule has 0 aliphatic rings. The number of nitrogens with two attached hydrogens (primary N) is 1. The van der Waals surface area contributed by atoms with Crippen LogP contribution in [0.3, 0.4) is 0 Å². The molecule has 0 saturated heterocycles. The second-order valence-electron chi connectivity index (χ2n) is 7.41. The van der Waals surface area contributed by atoms with E-state index in [0.29, 0.717) is 9.90 Å². The van der Waals surface area contributed by atoms with Crippen LogP contribution in [0, 0.1) is 0 Å². The van der Waals surface area contributed by atoms with Crippen molar-refractivity contribution in [3.05, 3.63) is 19.8 Å². The zero-order valence-electron chi connectivity index (χ0n) is 14.6. The summed E-state index contributed by atoms with van der Waals surface area (Å²) in [6.07, 6.45) is 0. The lowest BCUT2D eigenvalue weighted by Gasteiger charge is -2.35. The molecule has 1 aromatic rings. The predicted molar refractivity (Wildman–Crippen MR) is 107 cm³/mol. The van der Waals surface area contributed by atoms with E-state index in [1.807, 2.05) is 20.8 Å². The Balaban J connectivity index is 3.40. The molecule has 5 nitrogen and oxygen atoms in total. The van der Waals surface area contributed by atoms with Crippen molar-refractivity contribution in [3.63, 3.8) is 0 Å². The summed E-state index contributed by atoms with van der Waals surface area (Å²) in [5, 5.41) is 0.415. The van der Waals surface area contributed by atoms with E-state index in [2.05, 4.69) is 20.7 Å². The van der Waals surface area contributed by atoms with Crippen LogP contribution >= 0.6 is 38.9 Å². The molecule has 1 rings (SSSR count). The van der Waals surface area contributed by atoms with Crippen LogP contribution in [0.25, 0.3) is 0 Å². The SMILES string of the molecule is CC(C)(C)[S+]([O-])N[C@@](C)(CS(=O)(=O)C(C)(C)N)c1sc(Br)cc1Cl. The number of hydrogen-bond acceptors (Lipinski definition) is 6. The molecular formula is C14H24BrClN2O3S3. The first kappa shape index (κ1) is 22.7. The molecule has 10 heteroatoms. The molecule has 1 heterocycles. The number of thiophene rings is 1. The summed E-state index contributed by atoms with van der Waals surface area (Å²) in [5.41, 5.74) is 4.69. The van der Waals surface area contributed by atoms with Crippen molar-refractivity contribution in [3.8, 4) is 0 Å². The van der Waals surface area contributed by atoms with E-state index in [9.17, 15) is 13.0 Å². The first-order valence-electron chi connectivity index (χ1n) is 7.16. The molecule has 0 fully saturated rings. The van der Waals surface area contributed by atoms with Gasteiger partial charge < -0.3 is 10.3 Å². The van der Waals surface area contributed by atoms with Crippen LogP contribution in [0.4, 0.5) is 0 Å². The van der Waals surface area contributed by atoms with Crippen LogP contribution in [0.1, 0.15) is 46.4 Å². The molecule has 1 aromatic heterocycles. The van der Waals surface area contributed by atoms with E-state index in [-0.39, 0.29) is 5.75 Å². The fourth-order valence-electron chi connectivity index (χ4n) is 1.78. The average Bonchev–Trinajstić information content (AvgIpc) is 2.65. The van der Waals surface area contributed by atoms with Gasteiger partial charge in [-0.25, -0.2) is 8.42 Å². The highest BCUT2D eigenvalue weighted by atomic mass is 79.9. The van der Waals surface area contributed by atoms with Crippen molar-refractivity contribution >= 4 is 60.1 Å². The van der Waals surface area contributed by atoms with Gasteiger partial charge in [0.15, 0.2) is 9.84 Å². The Kier molecular flexibility index (Phi) is 6.94. The minimum Gasteiger partial charge on any atom is -0.598 e. The summed E-state index contributed by atoms with van der Waals surface area (Å²) in [5.74, 6) is -0.321. The Labute approximate surface area is 165 Å². The van der Waals surface area contributed by atoms with Crippen LogP contribution in [-0.2, 0) is 26.7 Å². The van der Waals surface area contributed by atoms with E-state index in [1.54, 1.807) is 13.0 Å². The zero-order chi connectivity index (χ0) is 19.1. The lowest BCUT2D eigenvalue weighted by atomic mass is 10.1. The fraction of sp³-hybridized carbons (Fsp3) is 0.714. The minimum absolute atomic E-state index is 0.321. The Morgan fingerprint density at radius 2 is 1.83 bits per heavy atom. The van der Waals surface area contributed by atoms with E-state index < -0.39 is 36.4 Å². The third-order valence-corrected chi connectivity index (χ3v) is 9.93. The van der Waals surface area contributed by atoms with Crippen molar-refractivity contribution in [1.82, 2.24) is 4.72 Å². The molecule has 3 N–H and O–H groups in total. The van der Waals surface area contributed by atoms with E-state index in [0.717, 1.165) is 3.79 Å². The lowest BCUT2D eigenvalue weighted by molar-refractivity contribution is 0.452. The zero-order valence-corrected chi connectivity index (χ0v) is 19.4. The molecule has 0 amide bonds. The molecule has 1 unspecified atom stereocenters. The monoisotopic (exact) mass is 478 g/mol. The highest BCUT2D eigenvalue weighted by molar-refractivity contribution is 9.11. The Morgan fingerprint density at radius 1 is 1.33 bits per heavy atom. The smallest absolute Gasteiger partial charge is 0.170 e. The number of halogens is 2. The van der Waals surface area contributed by atoms with Gasteiger partial charge in [0.2, 0.25) is 0 Å². The van der Waals surface area contributed by atoms with Gasteiger partial charge in [-0.05, 0) is 63.5 Å². The highest BCUT2D eigenvalue weighted by Gasteiger charge is 2.45. The average molecular weight is 480 g/mol. The summed E-state index contributed by atoms with van der Waals surface area (Å²) in [6.45, 7) is 9.99. The molecule has 0 aliphatic carbocycles. The van der Waals surface area contributed by atoms with Gasteiger partial charge >= 0.3 is 0 Å². The summed E-state index contributed by atoms with van der Waals surface area (Å²) in [7, 11) is -3.69. The van der Waals surface area contributed by atoms with Gasteiger partial charge in [-0.1, -0.05) is 11.6 Å². The summed E-state index contributed by atoms with van der Waals surface area (Å²) < 4.78 is 41.2. The maximum absolute atomic E-state index is 12.7. The van der Waals surface area contributed by atoms with Crippen LogP contribution in [0.15, 0.2) is 9.85 Å².